The fourth-order valence-corrected chi connectivity index (χ4v) is 3.57. The number of carbonyl (C=O) groups is 2. The van der Waals surface area contributed by atoms with Gasteiger partial charge in [-0.3, -0.25) is 9.36 Å². The number of fused-ring (bicyclic) bond motifs is 3. The summed E-state index contributed by atoms with van der Waals surface area (Å²) in [4.78, 5) is 32.0. The molecule has 0 radical (unpaired) electrons. The van der Waals surface area contributed by atoms with Crippen molar-refractivity contribution in [2.24, 2.45) is 0 Å². The van der Waals surface area contributed by atoms with Crippen LogP contribution in [0.4, 0.5) is 0 Å². The van der Waals surface area contributed by atoms with Gasteiger partial charge in [-0.25, -0.2) is 9.78 Å². The summed E-state index contributed by atoms with van der Waals surface area (Å²) in [5, 5.41) is 0. The van der Waals surface area contributed by atoms with Crippen molar-refractivity contribution in [3.63, 3.8) is 0 Å². The summed E-state index contributed by atoms with van der Waals surface area (Å²) in [5.41, 5.74) is 2.28. The van der Waals surface area contributed by atoms with Crippen molar-refractivity contribution in [1.29, 1.82) is 0 Å². The molecule has 0 fully saturated rings. The van der Waals surface area contributed by atoms with Gasteiger partial charge in [0.15, 0.2) is 17.2 Å². The van der Waals surface area contributed by atoms with Crippen molar-refractivity contribution in [1.82, 2.24) is 14.5 Å². The highest BCUT2D eigenvalue weighted by Gasteiger charge is 2.34. The number of benzene rings is 1. The molecular weight excluding hydrogens is 398 g/mol. The first-order chi connectivity index (χ1) is 14.5. The second-order valence-corrected chi connectivity index (χ2v) is 8.89. The highest BCUT2D eigenvalue weighted by Crippen LogP contribution is 2.38. The summed E-state index contributed by atoms with van der Waals surface area (Å²) in [6.07, 6.45) is 1.18. The summed E-state index contributed by atoms with van der Waals surface area (Å²) in [7, 11) is 4.64. The van der Waals surface area contributed by atoms with Gasteiger partial charge in [-0.05, 0) is 59.1 Å². The highest BCUT2D eigenvalue weighted by atomic mass is 16.5. The molecule has 2 aromatic rings. The van der Waals surface area contributed by atoms with Crippen LogP contribution in [0.25, 0.3) is 5.69 Å². The molecular formula is C23H31N3O5. The minimum absolute atomic E-state index is 0.0598. The molecule has 1 aromatic carbocycles. The number of aromatic nitrogens is 2. The fraction of sp³-hybridized carbons (Fsp3) is 0.522. The lowest BCUT2D eigenvalue weighted by atomic mass is 9.98. The van der Waals surface area contributed by atoms with E-state index in [1.54, 1.807) is 23.6 Å². The molecule has 0 spiro atoms. The van der Waals surface area contributed by atoms with Gasteiger partial charge in [0, 0.05) is 18.7 Å². The molecule has 31 heavy (non-hydrogen) atoms. The van der Waals surface area contributed by atoms with Gasteiger partial charge in [-0.15, -0.1) is 0 Å². The van der Waals surface area contributed by atoms with Crippen LogP contribution < -0.4 is 9.47 Å². The Morgan fingerprint density at radius 1 is 1.13 bits per heavy atom. The molecule has 1 aliphatic rings. The number of nitrogens with zero attached hydrogens (tertiary/aromatic N) is 3. The third-order valence-electron chi connectivity index (χ3n) is 5.45. The number of ether oxygens (including phenoxy) is 3. The van der Waals surface area contributed by atoms with Gasteiger partial charge in [0.1, 0.15) is 0 Å². The van der Waals surface area contributed by atoms with Crippen molar-refractivity contribution in [2.75, 3.05) is 21.3 Å². The number of rotatable bonds is 5. The maximum Gasteiger partial charge on any atom is 0.374 e. The van der Waals surface area contributed by atoms with Crippen LogP contribution in [0.5, 0.6) is 11.5 Å². The SMILES string of the molecule is COC(=O)c1nc(C(=O)N(C)C(C)(C)C)c2n1-c1cc(OC(C)C)c(OC)cc1CC2. The standard InChI is InChI=1S/C23H31N3O5/c1-13(2)31-18-12-16-14(11-17(18)29-7)9-10-15-19(21(27)25(6)23(3,4)5)24-20(26(15)16)22(28)30-8/h11-13H,9-10H2,1-8H3. The van der Waals surface area contributed by atoms with Crippen molar-refractivity contribution in [3.05, 3.63) is 34.9 Å². The van der Waals surface area contributed by atoms with E-state index in [4.69, 9.17) is 14.2 Å². The van der Waals surface area contributed by atoms with E-state index in [9.17, 15) is 9.59 Å². The number of esters is 1. The van der Waals surface area contributed by atoms with Gasteiger partial charge < -0.3 is 19.1 Å². The molecule has 0 saturated heterocycles. The van der Waals surface area contributed by atoms with Crippen molar-refractivity contribution in [2.45, 2.75) is 59.1 Å². The molecule has 1 aliphatic heterocycles. The molecule has 1 aromatic heterocycles. The fourth-order valence-electron chi connectivity index (χ4n) is 3.57. The zero-order valence-electron chi connectivity index (χ0n) is 19.5. The summed E-state index contributed by atoms with van der Waals surface area (Å²) in [6, 6.07) is 3.76. The Morgan fingerprint density at radius 3 is 2.35 bits per heavy atom. The topological polar surface area (TPSA) is 82.9 Å². The summed E-state index contributed by atoms with van der Waals surface area (Å²) in [5.74, 6) is 0.424. The maximum atomic E-state index is 13.3. The second kappa shape index (κ2) is 8.24. The van der Waals surface area contributed by atoms with E-state index in [1.165, 1.54) is 7.11 Å². The van der Waals surface area contributed by atoms with Crippen molar-refractivity contribution < 1.29 is 23.8 Å². The largest absolute Gasteiger partial charge is 0.493 e. The predicted octanol–water partition coefficient (Wildman–Crippen LogP) is 3.42. The van der Waals surface area contributed by atoms with E-state index < -0.39 is 11.5 Å². The molecule has 168 valence electrons. The molecule has 0 unspecified atom stereocenters. The van der Waals surface area contributed by atoms with Gasteiger partial charge >= 0.3 is 5.97 Å². The Morgan fingerprint density at radius 2 is 1.81 bits per heavy atom. The van der Waals surface area contributed by atoms with Gasteiger partial charge in [0.25, 0.3) is 5.91 Å². The first-order valence-electron chi connectivity index (χ1n) is 10.4. The van der Waals surface area contributed by atoms with Crippen LogP contribution in [0.15, 0.2) is 12.1 Å². The molecule has 0 N–H and O–H groups in total. The zero-order chi connectivity index (χ0) is 23.1. The molecule has 0 bridgehead atoms. The van der Waals surface area contributed by atoms with Crippen molar-refractivity contribution >= 4 is 11.9 Å². The van der Waals surface area contributed by atoms with E-state index >= 15 is 0 Å². The number of imidazole rings is 1. The number of hydrogen-bond acceptors (Lipinski definition) is 6. The lowest BCUT2D eigenvalue weighted by Gasteiger charge is -2.32. The summed E-state index contributed by atoms with van der Waals surface area (Å²) < 4.78 is 18.1. The molecule has 0 saturated carbocycles. The van der Waals surface area contributed by atoms with Crippen LogP contribution in [0.3, 0.4) is 0 Å². The summed E-state index contributed by atoms with van der Waals surface area (Å²) >= 11 is 0. The van der Waals surface area contributed by atoms with E-state index in [2.05, 4.69) is 4.98 Å². The third kappa shape index (κ3) is 4.11. The van der Waals surface area contributed by atoms with E-state index in [0.717, 1.165) is 11.3 Å². The van der Waals surface area contributed by atoms with Crippen LogP contribution in [-0.2, 0) is 17.6 Å². The number of amides is 1. The Kier molecular flexibility index (Phi) is 6.02. The molecule has 3 rings (SSSR count). The zero-order valence-corrected chi connectivity index (χ0v) is 19.5. The van der Waals surface area contributed by atoms with E-state index in [-0.39, 0.29) is 23.5 Å². The molecule has 8 heteroatoms. The Hall–Kier alpha value is -3.03. The van der Waals surface area contributed by atoms with E-state index in [0.29, 0.717) is 30.0 Å². The minimum Gasteiger partial charge on any atom is -0.493 e. The summed E-state index contributed by atoms with van der Waals surface area (Å²) in [6.45, 7) is 9.71. The van der Waals surface area contributed by atoms with Gasteiger partial charge in [-0.2, -0.15) is 0 Å². The minimum atomic E-state index is -0.603. The Balaban J connectivity index is 2.24. The molecule has 8 nitrogen and oxygen atoms in total. The lowest BCUT2D eigenvalue weighted by Crippen LogP contribution is -2.43. The monoisotopic (exact) mass is 429 g/mol. The van der Waals surface area contributed by atoms with Crippen LogP contribution >= 0.6 is 0 Å². The van der Waals surface area contributed by atoms with Crippen LogP contribution in [0, 0.1) is 0 Å². The van der Waals surface area contributed by atoms with E-state index in [1.807, 2.05) is 46.8 Å². The average molecular weight is 430 g/mol. The number of aryl methyl sites for hydroxylation is 1. The third-order valence-corrected chi connectivity index (χ3v) is 5.45. The first kappa shape index (κ1) is 22.7. The number of hydrogen-bond donors (Lipinski definition) is 0. The average Bonchev–Trinajstić information content (AvgIpc) is 3.10. The Bertz CT molecular complexity index is 1020. The predicted molar refractivity (Wildman–Crippen MR) is 116 cm³/mol. The number of methoxy groups -OCH3 is 2. The lowest BCUT2D eigenvalue weighted by molar-refractivity contribution is 0.0584. The second-order valence-electron chi connectivity index (χ2n) is 8.89. The quantitative estimate of drug-likeness (QED) is 0.678. The van der Waals surface area contributed by atoms with Crippen LogP contribution in [0.1, 0.15) is 67.0 Å². The maximum absolute atomic E-state index is 13.3. The highest BCUT2D eigenvalue weighted by molar-refractivity contribution is 5.97. The number of carbonyl (C=O) groups excluding carboxylic acids is 2. The molecule has 2 heterocycles. The molecule has 0 atom stereocenters. The van der Waals surface area contributed by atoms with Gasteiger partial charge in [0.05, 0.1) is 31.7 Å². The van der Waals surface area contributed by atoms with Crippen LogP contribution in [-0.4, -0.2) is 59.2 Å². The van der Waals surface area contributed by atoms with Crippen LogP contribution in [0.2, 0.25) is 0 Å². The normalized spacial score (nSPS) is 12.8. The van der Waals surface area contributed by atoms with Gasteiger partial charge in [0.2, 0.25) is 5.82 Å². The van der Waals surface area contributed by atoms with Gasteiger partial charge in [-0.1, -0.05) is 0 Å². The molecule has 0 aliphatic carbocycles. The van der Waals surface area contributed by atoms with Crippen molar-refractivity contribution in [3.8, 4) is 17.2 Å². The molecule has 1 amide bonds. The Labute approximate surface area is 183 Å². The smallest absolute Gasteiger partial charge is 0.374 e. The first-order valence-corrected chi connectivity index (χ1v) is 10.4.